The second kappa shape index (κ2) is 7.18. The number of guanidine groups is 1. The summed E-state index contributed by atoms with van der Waals surface area (Å²) in [6.07, 6.45) is 0. The average Bonchev–Trinajstić information content (AvgIpc) is 2.47. The smallest absolute Gasteiger partial charge is 0.200 e. The van der Waals surface area contributed by atoms with Crippen LogP contribution in [-0.4, -0.2) is 19.0 Å². The first kappa shape index (κ1) is 13.1. The van der Waals surface area contributed by atoms with Crippen molar-refractivity contribution in [1.82, 2.24) is 0 Å². The zero-order valence-electron chi connectivity index (χ0n) is 10.7. The largest absolute Gasteiger partial charge is 0.329 e. The molecule has 0 spiro atoms. The molecule has 4 N–H and O–H groups in total. The molecule has 0 aliphatic heterocycles. The van der Waals surface area contributed by atoms with Gasteiger partial charge < -0.3 is 16.4 Å². The van der Waals surface area contributed by atoms with E-state index in [1.807, 2.05) is 60.7 Å². The highest BCUT2D eigenvalue weighted by Crippen LogP contribution is 2.08. The number of benzene rings is 2. The highest BCUT2D eigenvalue weighted by atomic mass is 15.2. The lowest BCUT2D eigenvalue weighted by molar-refractivity contribution is 0.974. The van der Waals surface area contributed by atoms with Crippen LogP contribution in [0.5, 0.6) is 0 Å². The minimum atomic E-state index is 0.524. The van der Waals surface area contributed by atoms with Gasteiger partial charge in [-0.2, -0.15) is 0 Å². The van der Waals surface area contributed by atoms with Gasteiger partial charge in [-0.1, -0.05) is 36.4 Å². The first-order valence-electron chi connectivity index (χ1n) is 6.27. The average molecular weight is 254 g/mol. The molecule has 0 saturated carbocycles. The van der Waals surface area contributed by atoms with Gasteiger partial charge in [-0.3, -0.25) is 4.99 Å². The van der Waals surface area contributed by atoms with E-state index < -0.39 is 0 Å². The van der Waals surface area contributed by atoms with E-state index in [-0.39, 0.29) is 0 Å². The van der Waals surface area contributed by atoms with Crippen LogP contribution in [0.25, 0.3) is 0 Å². The van der Waals surface area contributed by atoms with E-state index in [0.29, 0.717) is 19.0 Å². The Hall–Kier alpha value is -2.33. The van der Waals surface area contributed by atoms with Gasteiger partial charge in [0.25, 0.3) is 0 Å². The zero-order chi connectivity index (χ0) is 13.3. The number of hydrogen-bond donors (Lipinski definition) is 3. The van der Waals surface area contributed by atoms with Crippen molar-refractivity contribution in [3.63, 3.8) is 0 Å². The van der Waals surface area contributed by atoms with Crippen LogP contribution in [0.1, 0.15) is 0 Å². The van der Waals surface area contributed by atoms with Gasteiger partial charge in [0.05, 0.1) is 6.54 Å². The summed E-state index contributed by atoms with van der Waals surface area (Å²) in [7, 11) is 0. The number of para-hydroxylation sites is 2. The standard InChI is InChI=1S/C15H18N4/c16-11-12-17-15(18-13-7-3-1-4-8-13)19-14-9-5-2-6-10-14/h1-10H,11-12,16H2,(H2,17,18,19). The molecular formula is C15H18N4. The van der Waals surface area contributed by atoms with Crippen LogP contribution in [-0.2, 0) is 0 Å². The Balaban J connectivity index is 2.08. The Morgan fingerprint density at radius 2 is 1.32 bits per heavy atom. The van der Waals surface area contributed by atoms with E-state index in [9.17, 15) is 0 Å². The molecule has 0 radical (unpaired) electrons. The number of hydrogen-bond acceptors (Lipinski definition) is 2. The molecule has 2 aromatic rings. The van der Waals surface area contributed by atoms with E-state index in [2.05, 4.69) is 15.6 Å². The Morgan fingerprint density at radius 1 is 0.842 bits per heavy atom. The first-order chi connectivity index (χ1) is 9.38. The number of nitrogens with zero attached hydrogens (tertiary/aromatic N) is 1. The van der Waals surface area contributed by atoms with Crippen molar-refractivity contribution >= 4 is 17.3 Å². The van der Waals surface area contributed by atoms with E-state index in [4.69, 9.17) is 5.73 Å². The fraction of sp³-hybridized carbons (Fsp3) is 0.133. The second-order valence-corrected chi connectivity index (χ2v) is 4.00. The highest BCUT2D eigenvalue weighted by Gasteiger charge is 2.00. The minimum Gasteiger partial charge on any atom is -0.329 e. The Kier molecular flexibility index (Phi) is 4.96. The van der Waals surface area contributed by atoms with Gasteiger partial charge in [-0.15, -0.1) is 0 Å². The summed E-state index contributed by atoms with van der Waals surface area (Å²) in [6.45, 7) is 1.10. The van der Waals surface area contributed by atoms with Crippen LogP contribution in [0.4, 0.5) is 11.4 Å². The van der Waals surface area contributed by atoms with Gasteiger partial charge in [0.15, 0.2) is 5.96 Å². The molecule has 0 saturated heterocycles. The summed E-state index contributed by atoms with van der Waals surface area (Å²) in [5, 5.41) is 6.49. The normalized spacial score (nSPS) is 9.74. The molecule has 19 heavy (non-hydrogen) atoms. The van der Waals surface area contributed by atoms with Crippen molar-refractivity contribution in [2.75, 3.05) is 23.7 Å². The van der Waals surface area contributed by atoms with Crippen LogP contribution < -0.4 is 16.4 Å². The second-order valence-electron chi connectivity index (χ2n) is 4.00. The van der Waals surface area contributed by atoms with Gasteiger partial charge in [-0.25, -0.2) is 0 Å². The lowest BCUT2D eigenvalue weighted by atomic mass is 10.3. The molecule has 0 aromatic heterocycles. The maximum absolute atomic E-state index is 5.50. The summed E-state index contributed by atoms with van der Waals surface area (Å²) in [4.78, 5) is 4.40. The van der Waals surface area contributed by atoms with E-state index >= 15 is 0 Å². The quantitative estimate of drug-likeness (QED) is 0.580. The summed E-state index contributed by atoms with van der Waals surface area (Å²) in [6, 6.07) is 19.8. The number of aliphatic imine (C=N–C) groups is 1. The van der Waals surface area contributed by atoms with E-state index in [0.717, 1.165) is 11.4 Å². The van der Waals surface area contributed by atoms with Crippen LogP contribution >= 0.6 is 0 Å². The molecule has 0 amide bonds. The summed E-state index contributed by atoms with van der Waals surface area (Å²) < 4.78 is 0. The third kappa shape index (κ3) is 4.44. The van der Waals surface area contributed by atoms with Gasteiger partial charge in [0.2, 0.25) is 0 Å². The summed E-state index contributed by atoms with van der Waals surface area (Å²) >= 11 is 0. The van der Waals surface area contributed by atoms with E-state index in [1.165, 1.54) is 0 Å². The number of nitrogens with one attached hydrogen (secondary N) is 2. The molecule has 4 heteroatoms. The molecule has 0 bridgehead atoms. The third-order valence-electron chi connectivity index (χ3n) is 2.47. The predicted octanol–water partition coefficient (Wildman–Crippen LogP) is 2.53. The minimum absolute atomic E-state index is 0.524. The molecule has 4 nitrogen and oxygen atoms in total. The van der Waals surface area contributed by atoms with Crippen molar-refractivity contribution < 1.29 is 0 Å². The molecule has 0 aliphatic carbocycles. The molecule has 0 heterocycles. The van der Waals surface area contributed by atoms with Crippen LogP contribution in [0.2, 0.25) is 0 Å². The fourth-order valence-electron chi connectivity index (χ4n) is 1.60. The Morgan fingerprint density at radius 3 is 1.74 bits per heavy atom. The number of rotatable bonds is 4. The zero-order valence-corrected chi connectivity index (χ0v) is 10.7. The Labute approximate surface area is 113 Å². The lowest BCUT2D eigenvalue weighted by Crippen LogP contribution is -2.23. The van der Waals surface area contributed by atoms with Crippen molar-refractivity contribution in [3.8, 4) is 0 Å². The van der Waals surface area contributed by atoms with Gasteiger partial charge in [0, 0.05) is 17.9 Å². The van der Waals surface area contributed by atoms with Gasteiger partial charge in [0.1, 0.15) is 0 Å². The maximum atomic E-state index is 5.50. The number of anilines is 2. The maximum Gasteiger partial charge on any atom is 0.200 e. The summed E-state index contributed by atoms with van der Waals surface area (Å²) in [5.41, 5.74) is 7.48. The van der Waals surface area contributed by atoms with Crippen LogP contribution in [0.3, 0.4) is 0 Å². The van der Waals surface area contributed by atoms with Crippen molar-refractivity contribution in [3.05, 3.63) is 60.7 Å². The van der Waals surface area contributed by atoms with Crippen LogP contribution in [0, 0.1) is 0 Å². The van der Waals surface area contributed by atoms with Gasteiger partial charge in [-0.05, 0) is 24.3 Å². The molecule has 98 valence electrons. The molecule has 0 fully saturated rings. The SMILES string of the molecule is NCCN=C(Nc1ccccc1)Nc1ccccc1. The van der Waals surface area contributed by atoms with Crippen molar-refractivity contribution in [2.24, 2.45) is 10.7 Å². The molecule has 0 aliphatic rings. The van der Waals surface area contributed by atoms with Crippen molar-refractivity contribution in [2.45, 2.75) is 0 Å². The monoisotopic (exact) mass is 254 g/mol. The highest BCUT2D eigenvalue weighted by molar-refractivity contribution is 6.03. The predicted molar refractivity (Wildman–Crippen MR) is 81.5 cm³/mol. The molecular weight excluding hydrogens is 236 g/mol. The van der Waals surface area contributed by atoms with Crippen LogP contribution in [0.15, 0.2) is 65.7 Å². The molecule has 0 unspecified atom stereocenters. The molecule has 2 aromatic carbocycles. The number of nitrogens with two attached hydrogens (primary N) is 1. The first-order valence-corrected chi connectivity index (χ1v) is 6.27. The van der Waals surface area contributed by atoms with E-state index in [1.54, 1.807) is 0 Å². The van der Waals surface area contributed by atoms with Crippen molar-refractivity contribution in [1.29, 1.82) is 0 Å². The lowest BCUT2D eigenvalue weighted by Gasteiger charge is -2.12. The van der Waals surface area contributed by atoms with Gasteiger partial charge >= 0.3 is 0 Å². The molecule has 0 atom stereocenters. The topological polar surface area (TPSA) is 62.4 Å². The third-order valence-corrected chi connectivity index (χ3v) is 2.47. The summed E-state index contributed by atoms with van der Waals surface area (Å²) in [5.74, 6) is 0.697. The fourth-order valence-corrected chi connectivity index (χ4v) is 1.60. The molecule has 2 rings (SSSR count). The Bertz CT molecular complexity index is 465.